The van der Waals surface area contributed by atoms with Crippen molar-refractivity contribution in [2.45, 2.75) is 25.4 Å². The molecule has 0 atom stereocenters. The Balaban J connectivity index is 1.93. The summed E-state index contributed by atoms with van der Waals surface area (Å²) in [6.45, 7) is 0.668. The Morgan fingerprint density at radius 2 is 2.05 bits per heavy atom. The average molecular weight is 306 g/mol. The number of halogens is 2. The Kier molecular flexibility index (Phi) is 4.13. The molecule has 0 spiro atoms. The van der Waals surface area contributed by atoms with Crippen molar-refractivity contribution in [2.75, 3.05) is 7.11 Å². The molecule has 0 aliphatic heterocycles. The number of hydrogen-bond acceptors (Lipinski definition) is 2. The van der Waals surface area contributed by atoms with Gasteiger partial charge in [0, 0.05) is 12.6 Å². The minimum atomic E-state index is -0.217. The van der Waals surface area contributed by atoms with E-state index in [-0.39, 0.29) is 5.82 Å². The Hall–Kier alpha value is -1.58. The van der Waals surface area contributed by atoms with Crippen LogP contribution < -0.4 is 10.1 Å². The van der Waals surface area contributed by atoms with Gasteiger partial charge in [-0.25, -0.2) is 4.39 Å². The van der Waals surface area contributed by atoms with E-state index >= 15 is 0 Å². The highest BCUT2D eigenvalue weighted by atomic mass is 35.5. The molecule has 1 aliphatic rings. The molecule has 110 valence electrons. The summed E-state index contributed by atoms with van der Waals surface area (Å²) in [5.74, 6) is 0.422. The zero-order valence-corrected chi connectivity index (χ0v) is 12.6. The highest BCUT2D eigenvalue weighted by Gasteiger charge is 2.20. The van der Waals surface area contributed by atoms with Crippen molar-refractivity contribution >= 4 is 11.6 Å². The number of methoxy groups -OCH3 is 1. The van der Waals surface area contributed by atoms with E-state index in [9.17, 15) is 4.39 Å². The van der Waals surface area contributed by atoms with Crippen LogP contribution in [0.2, 0.25) is 5.02 Å². The van der Waals surface area contributed by atoms with Gasteiger partial charge in [-0.15, -0.1) is 0 Å². The van der Waals surface area contributed by atoms with Gasteiger partial charge in [0.15, 0.2) is 0 Å². The lowest BCUT2D eigenvalue weighted by Crippen LogP contribution is -2.16. The molecular weight excluding hydrogens is 289 g/mol. The molecule has 1 aliphatic carbocycles. The summed E-state index contributed by atoms with van der Waals surface area (Å²) in [6.07, 6.45) is 2.41. The summed E-state index contributed by atoms with van der Waals surface area (Å²) in [7, 11) is 1.59. The van der Waals surface area contributed by atoms with Crippen molar-refractivity contribution in [3.63, 3.8) is 0 Å². The molecular formula is C17H17ClFNO. The van der Waals surface area contributed by atoms with E-state index in [1.807, 2.05) is 18.2 Å². The lowest BCUT2D eigenvalue weighted by Gasteiger charge is -2.12. The number of benzene rings is 2. The summed E-state index contributed by atoms with van der Waals surface area (Å²) < 4.78 is 18.7. The monoisotopic (exact) mass is 305 g/mol. The molecule has 1 fully saturated rings. The molecule has 2 aromatic rings. The molecule has 21 heavy (non-hydrogen) atoms. The standard InChI is InChI=1S/C17H17ClFNO/c1-21-17-7-2-11(9-16(17)18)15-6-3-13(19)8-12(15)10-20-14-4-5-14/h2-3,6-9,14,20H,4-5,10H2,1H3. The lowest BCUT2D eigenvalue weighted by molar-refractivity contribution is 0.415. The van der Waals surface area contributed by atoms with Crippen molar-refractivity contribution < 1.29 is 9.13 Å². The van der Waals surface area contributed by atoms with E-state index in [0.717, 1.165) is 16.7 Å². The van der Waals surface area contributed by atoms with Crippen molar-refractivity contribution in [3.05, 3.63) is 52.8 Å². The number of hydrogen-bond donors (Lipinski definition) is 1. The summed E-state index contributed by atoms with van der Waals surface area (Å²) in [5.41, 5.74) is 2.91. The van der Waals surface area contributed by atoms with Crippen LogP contribution in [0.3, 0.4) is 0 Å². The van der Waals surface area contributed by atoms with Gasteiger partial charge in [-0.2, -0.15) is 0 Å². The molecule has 0 unspecified atom stereocenters. The zero-order valence-electron chi connectivity index (χ0n) is 11.8. The van der Waals surface area contributed by atoms with Crippen LogP contribution in [-0.2, 0) is 6.54 Å². The molecule has 1 saturated carbocycles. The highest BCUT2D eigenvalue weighted by molar-refractivity contribution is 6.32. The fourth-order valence-corrected chi connectivity index (χ4v) is 2.62. The maximum Gasteiger partial charge on any atom is 0.137 e. The summed E-state index contributed by atoms with van der Waals surface area (Å²) in [5, 5.41) is 3.98. The predicted molar refractivity (Wildman–Crippen MR) is 83.3 cm³/mol. The first-order chi connectivity index (χ1) is 10.2. The second-order valence-electron chi connectivity index (χ2n) is 5.31. The molecule has 2 nitrogen and oxygen atoms in total. The maximum atomic E-state index is 13.5. The fourth-order valence-electron chi connectivity index (χ4n) is 2.37. The van der Waals surface area contributed by atoms with Crippen LogP contribution in [0, 0.1) is 5.82 Å². The van der Waals surface area contributed by atoms with Gasteiger partial charge in [-0.3, -0.25) is 0 Å². The van der Waals surface area contributed by atoms with Crippen LogP contribution in [0.5, 0.6) is 5.75 Å². The quantitative estimate of drug-likeness (QED) is 0.883. The summed E-state index contributed by atoms with van der Waals surface area (Å²) in [4.78, 5) is 0. The molecule has 0 aromatic heterocycles. The molecule has 0 bridgehead atoms. The van der Waals surface area contributed by atoms with E-state index in [4.69, 9.17) is 16.3 Å². The van der Waals surface area contributed by atoms with E-state index in [2.05, 4.69) is 5.32 Å². The molecule has 1 N–H and O–H groups in total. The third-order valence-electron chi connectivity index (χ3n) is 3.69. The van der Waals surface area contributed by atoms with Gasteiger partial charge >= 0.3 is 0 Å². The normalized spacial score (nSPS) is 14.2. The van der Waals surface area contributed by atoms with E-state index in [0.29, 0.717) is 23.4 Å². The van der Waals surface area contributed by atoms with Gasteiger partial charge < -0.3 is 10.1 Å². The Labute approximate surface area is 128 Å². The molecule has 0 radical (unpaired) electrons. The molecule has 3 rings (SSSR count). The van der Waals surface area contributed by atoms with Crippen molar-refractivity contribution in [2.24, 2.45) is 0 Å². The fraction of sp³-hybridized carbons (Fsp3) is 0.294. The first-order valence-corrected chi connectivity index (χ1v) is 7.41. The van der Waals surface area contributed by atoms with E-state index in [1.165, 1.54) is 18.9 Å². The van der Waals surface area contributed by atoms with Crippen molar-refractivity contribution in [1.29, 1.82) is 0 Å². The third kappa shape index (κ3) is 3.36. The van der Waals surface area contributed by atoms with Crippen LogP contribution in [0.15, 0.2) is 36.4 Å². The van der Waals surface area contributed by atoms with Crippen molar-refractivity contribution in [3.8, 4) is 16.9 Å². The zero-order chi connectivity index (χ0) is 14.8. The Bertz CT molecular complexity index is 655. The average Bonchev–Trinajstić information content (AvgIpc) is 3.29. The number of ether oxygens (including phenoxy) is 1. The molecule has 4 heteroatoms. The first kappa shape index (κ1) is 14.4. The van der Waals surface area contributed by atoms with Crippen LogP contribution in [0.4, 0.5) is 4.39 Å². The lowest BCUT2D eigenvalue weighted by atomic mass is 9.99. The molecule has 0 saturated heterocycles. The second-order valence-corrected chi connectivity index (χ2v) is 5.71. The van der Waals surface area contributed by atoms with Gasteiger partial charge in [0.1, 0.15) is 11.6 Å². The van der Waals surface area contributed by atoms with Crippen molar-refractivity contribution in [1.82, 2.24) is 5.32 Å². The van der Waals surface area contributed by atoms with Crippen LogP contribution in [0.1, 0.15) is 18.4 Å². The van der Waals surface area contributed by atoms with Crippen LogP contribution in [0.25, 0.3) is 11.1 Å². The smallest absolute Gasteiger partial charge is 0.137 e. The summed E-state index contributed by atoms with van der Waals surface area (Å²) in [6, 6.07) is 11.1. The molecule has 2 aromatic carbocycles. The highest BCUT2D eigenvalue weighted by Crippen LogP contribution is 2.32. The van der Waals surface area contributed by atoms with Gasteiger partial charge in [-0.05, 0) is 53.8 Å². The maximum absolute atomic E-state index is 13.5. The van der Waals surface area contributed by atoms with E-state index < -0.39 is 0 Å². The second kappa shape index (κ2) is 6.04. The van der Waals surface area contributed by atoms with Gasteiger partial charge in [0.25, 0.3) is 0 Å². The minimum absolute atomic E-state index is 0.217. The van der Waals surface area contributed by atoms with E-state index in [1.54, 1.807) is 19.2 Å². The predicted octanol–water partition coefficient (Wildman–Crippen LogP) is 4.41. The Morgan fingerprint density at radius 1 is 1.24 bits per heavy atom. The minimum Gasteiger partial charge on any atom is -0.495 e. The first-order valence-electron chi connectivity index (χ1n) is 7.03. The number of nitrogens with one attached hydrogen (secondary N) is 1. The van der Waals surface area contributed by atoms with Gasteiger partial charge in [-0.1, -0.05) is 23.7 Å². The van der Waals surface area contributed by atoms with Gasteiger partial charge in [0.05, 0.1) is 12.1 Å². The molecule has 0 heterocycles. The topological polar surface area (TPSA) is 21.3 Å². The van der Waals surface area contributed by atoms with Gasteiger partial charge in [0.2, 0.25) is 0 Å². The number of rotatable bonds is 5. The van der Waals surface area contributed by atoms with Crippen LogP contribution >= 0.6 is 11.6 Å². The van der Waals surface area contributed by atoms with Crippen LogP contribution in [-0.4, -0.2) is 13.2 Å². The summed E-state index contributed by atoms with van der Waals surface area (Å²) >= 11 is 6.19. The SMILES string of the molecule is COc1ccc(-c2ccc(F)cc2CNC2CC2)cc1Cl. The largest absolute Gasteiger partial charge is 0.495 e. The molecule has 0 amide bonds. The Morgan fingerprint density at radius 3 is 2.71 bits per heavy atom. The third-order valence-corrected chi connectivity index (χ3v) is 3.98.